The van der Waals surface area contributed by atoms with E-state index in [1.165, 1.54) is 6.42 Å². The van der Waals surface area contributed by atoms with Crippen LogP contribution in [0.4, 0.5) is 0 Å². The summed E-state index contributed by atoms with van der Waals surface area (Å²) in [5.74, 6) is 0. The third kappa shape index (κ3) is 1.84. The van der Waals surface area contributed by atoms with Gasteiger partial charge in [-0.05, 0) is 19.3 Å². The Balaban J connectivity index is 1.75. The second kappa shape index (κ2) is 3.65. The standard InChI is InChI=1S/C10H15NO2/c11-7-10(3-1-4-10)8-13-9-2-5-12-6-9/h9H,1-6,8H2. The number of rotatable bonds is 3. The molecule has 1 aliphatic heterocycles. The minimum Gasteiger partial charge on any atom is -0.379 e. The number of nitriles is 1. The molecule has 3 nitrogen and oxygen atoms in total. The molecular weight excluding hydrogens is 166 g/mol. The molecule has 1 saturated carbocycles. The highest BCUT2D eigenvalue weighted by Crippen LogP contribution is 2.40. The van der Waals surface area contributed by atoms with E-state index < -0.39 is 0 Å². The molecule has 0 N–H and O–H groups in total. The van der Waals surface area contributed by atoms with Crippen molar-refractivity contribution in [3.63, 3.8) is 0 Å². The fourth-order valence-corrected chi connectivity index (χ4v) is 1.81. The molecule has 1 unspecified atom stereocenters. The molecule has 2 rings (SSSR count). The number of ether oxygens (including phenoxy) is 2. The molecule has 0 amide bonds. The van der Waals surface area contributed by atoms with E-state index in [1.807, 2.05) is 0 Å². The van der Waals surface area contributed by atoms with Crippen LogP contribution in [0.3, 0.4) is 0 Å². The highest BCUT2D eigenvalue weighted by Gasteiger charge is 2.38. The van der Waals surface area contributed by atoms with Crippen LogP contribution in [0.1, 0.15) is 25.7 Å². The molecular formula is C10H15NO2. The van der Waals surface area contributed by atoms with Crippen molar-refractivity contribution in [3.8, 4) is 6.07 Å². The van der Waals surface area contributed by atoms with Crippen LogP contribution in [0.25, 0.3) is 0 Å². The second-order valence-electron chi connectivity index (χ2n) is 4.04. The smallest absolute Gasteiger partial charge is 0.0831 e. The summed E-state index contributed by atoms with van der Waals surface area (Å²) in [6, 6.07) is 2.37. The van der Waals surface area contributed by atoms with Crippen molar-refractivity contribution in [3.05, 3.63) is 0 Å². The fourth-order valence-electron chi connectivity index (χ4n) is 1.81. The van der Waals surface area contributed by atoms with E-state index in [-0.39, 0.29) is 11.5 Å². The Labute approximate surface area is 78.6 Å². The normalized spacial score (nSPS) is 30.8. The summed E-state index contributed by atoms with van der Waals surface area (Å²) in [7, 11) is 0. The monoisotopic (exact) mass is 181 g/mol. The van der Waals surface area contributed by atoms with E-state index >= 15 is 0 Å². The Bertz CT molecular complexity index is 211. The summed E-state index contributed by atoms with van der Waals surface area (Å²) in [4.78, 5) is 0. The van der Waals surface area contributed by atoms with Crippen LogP contribution in [0.2, 0.25) is 0 Å². The molecule has 0 bridgehead atoms. The van der Waals surface area contributed by atoms with Crippen LogP contribution in [-0.4, -0.2) is 25.9 Å². The zero-order chi connectivity index (χ0) is 9.15. The van der Waals surface area contributed by atoms with Crippen molar-refractivity contribution in [2.24, 2.45) is 5.41 Å². The minimum atomic E-state index is -0.150. The molecule has 1 aliphatic carbocycles. The third-order valence-corrected chi connectivity index (χ3v) is 3.03. The predicted molar refractivity (Wildman–Crippen MR) is 47.1 cm³/mol. The van der Waals surface area contributed by atoms with Crippen molar-refractivity contribution >= 4 is 0 Å². The van der Waals surface area contributed by atoms with Gasteiger partial charge in [0.1, 0.15) is 0 Å². The van der Waals surface area contributed by atoms with E-state index in [0.29, 0.717) is 13.2 Å². The Hall–Kier alpha value is -0.590. The van der Waals surface area contributed by atoms with E-state index in [4.69, 9.17) is 14.7 Å². The molecule has 1 atom stereocenters. The van der Waals surface area contributed by atoms with Gasteiger partial charge in [-0.25, -0.2) is 0 Å². The summed E-state index contributed by atoms with van der Waals surface area (Å²) in [6.45, 7) is 2.13. The molecule has 0 spiro atoms. The number of hydrogen-bond acceptors (Lipinski definition) is 3. The Morgan fingerprint density at radius 3 is 2.85 bits per heavy atom. The molecule has 13 heavy (non-hydrogen) atoms. The molecule has 0 aromatic carbocycles. The van der Waals surface area contributed by atoms with Crippen molar-refractivity contribution < 1.29 is 9.47 Å². The summed E-state index contributed by atoms with van der Waals surface area (Å²) in [5, 5.41) is 8.95. The first kappa shape index (κ1) is 8.98. The summed E-state index contributed by atoms with van der Waals surface area (Å²) >= 11 is 0. The van der Waals surface area contributed by atoms with E-state index in [0.717, 1.165) is 25.9 Å². The molecule has 1 heterocycles. The van der Waals surface area contributed by atoms with Gasteiger partial charge in [-0.15, -0.1) is 0 Å². The van der Waals surface area contributed by atoms with Crippen molar-refractivity contribution in [1.82, 2.24) is 0 Å². The topological polar surface area (TPSA) is 42.2 Å². The summed E-state index contributed by atoms with van der Waals surface area (Å²) in [6.07, 6.45) is 4.43. The maximum atomic E-state index is 8.95. The molecule has 2 aliphatic rings. The fraction of sp³-hybridized carbons (Fsp3) is 0.900. The Kier molecular flexibility index (Phi) is 2.52. The van der Waals surface area contributed by atoms with Crippen molar-refractivity contribution in [2.45, 2.75) is 31.8 Å². The molecule has 0 aromatic heterocycles. The highest BCUT2D eigenvalue weighted by atomic mass is 16.5. The largest absolute Gasteiger partial charge is 0.379 e. The molecule has 1 saturated heterocycles. The maximum Gasteiger partial charge on any atom is 0.0831 e. The van der Waals surface area contributed by atoms with Crippen LogP contribution in [0, 0.1) is 16.7 Å². The van der Waals surface area contributed by atoms with E-state index in [9.17, 15) is 0 Å². The lowest BCUT2D eigenvalue weighted by Gasteiger charge is -2.35. The minimum absolute atomic E-state index is 0.150. The average molecular weight is 181 g/mol. The van der Waals surface area contributed by atoms with E-state index in [2.05, 4.69) is 6.07 Å². The molecule has 0 aromatic rings. The van der Waals surface area contributed by atoms with Gasteiger partial charge >= 0.3 is 0 Å². The van der Waals surface area contributed by atoms with Crippen molar-refractivity contribution in [2.75, 3.05) is 19.8 Å². The van der Waals surface area contributed by atoms with Crippen molar-refractivity contribution in [1.29, 1.82) is 5.26 Å². The molecule has 72 valence electrons. The summed E-state index contributed by atoms with van der Waals surface area (Å²) < 4.78 is 10.9. The number of nitrogens with zero attached hydrogens (tertiary/aromatic N) is 1. The predicted octanol–water partition coefficient (Wildman–Crippen LogP) is 1.49. The maximum absolute atomic E-state index is 8.95. The molecule has 3 heteroatoms. The summed E-state index contributed by atoms with van der Waals surface area (Å²) in [5.41, 5.74) is -0.150. The highest BCUT2D eigenvalue weighted by molar-refractivity contribution is 5.04. The van der Waals surface area contributed by atoms with Gasteiger partial charge in [-0.2, -0.15) is 5.26 Å². The van der Waals surface area contributed by atoms with Gasteiger partial charge in [0.15, 0.2) is 0 Å². The van der Waals surface area contributed by atoms with Crippen LogP contribution in [0.15, 0.2) is 0 Å². The van der Waals surface area contributed by atoms with Gasteiger partial charge in [0.2, 0.25) is 0 Å². The van der Waals surface area contributed by atoms with Gasteiger partial charge in [0.25, 0.3) is 0 Å². The van der Waals surface area contributed by atoms with Gasteiger partial charge in [-0.3, -0.25) is 0 Å². The molecule has 2 fully saturated rings. The quantitative estimate of drug-likeness (QED) is 0.662. The lowest BCUT2D eigenvalue weighted by molar-refractivity contribution is -0.0200. The first-order valence-electron chi connectivity index (χ1n) is 4.95. The Morgan fingerprint density at radius 2 is 2.38 bits per heavy atom. The van der Waals surface area contributed by atoms with Crippen LogP contribution in [0.5, 0.6) is 0 Å². The first-order valence-corrected chi connectivity index (χ1v) is 4.95. The first-order chi connectivity index (χ1) is 6.35. The van der Waals surface area contributed by atoms with Gasteiger partial charge < -0.3 is 9.47 Å². The molecule has 0 radical (unpaired) electrons. The van der Waals surface area contributed by atoms with Gasteiger partial charge in [-0.1, -0.05) is 6.42 Å². The average Bonchev–Trinajstić information content (AvgIpc) is 2.56. The second-order valence-corrected chi connectivity index (χ2v) is 4.04. The van der Waals surface area contributed by atoms with Crippen LogP contribution >= 0.6 is 0 Å². The van der Waals surface area contributed by atoms with E-state index in [1.54, 1.807) is 0 Å². The third-order valence-electron chi connectivity index (χ3n) is 3.03. The van der Waals surface area contributed by atoms with Crippen LogP contribution < -0.4 is 0 Å². The Morgan fingerprint density at radius 1 is 1.54 bits per heavy atom. The number of hydrogen-bond donors (Lipinski definition) is 0. The lowest BCUT2D eigenvalue weighted by Crippen LogP contribution is -2.34. The van der Waals surface area contributed by atoms with Crippen LogP contribution in [-0.2, 0) is 9.47 Å². The zero-order valence-electron chi connectivity index (χ0n) is 7.79. The van der Waals surface area contributed by atoms with Gasteiger partial charge in [0.05, 0.1) is 30.8 Å². The zero-order valence-corrected chi connectivity index (χ0v) is 7.79. The SMILES string of the molecule is N#CC1(COC2CCOC2)CCC1. The van der Waals surface area contributed by atoms with Gasteiger partial charge in [0, 0.05) is 6.61 Å². The lowest BCUT2D eigenvalue weighted by atomic mass is 9.71.